The smallest absolute Gasteiger partial charge is 0.387 e. The minimum Gasteiger partial charge on any atom is -0.434 e. The molecule has 1 atom stereocenters. The molecule has 0 unspecified atom stereocenters. The monoisotopic (exact) mass is 519 g/mol. The highest BCUT2D eigenvalue weighted by Gasteiger charge is 2.26. The number of nitrogens with zero attached hydrogens (tertiary/aromatic N) is 3. The van der Waals surface area contributed by atoms with E-state index in [1.54, 1.807) is 19.3 Å². The van der Waals surface area contributed by atoms with Gasteiger partial charge in [0.15, 0.2) is 0 Å². The van der Waals surface area contributed by atoms with Crippen molar-refractivity contribution in [2.45, 2.75) is 64.2 Å². The summed E-state index contributed by atoms with van der Waals surface area (Å²) in [6.45, 7) is 0.521. The Balaban J connectivity index is 1.57. The van der Waals surface area contributed by atoms with E-state index in [9.17, 15) is 18.3 Å². The van der Waals surface area contributed by atoms with Gasteiger partial charge in [-0.3, -0.25) is 4.68 Å². The SMILES string of the molecule is [2H]c1[nH]c2ncc(-c3cnn(C4CCC(O)CC4)c3C)cc2c1[C@@H](C)c1c(OC(F)F)ccc(F)c1Cl. The average Bonchev–Trinajstić information content (AvgIpc) is 3.40. The van der Waals surface area contributed by atoms with Crippen LogP contribution in [-0.4, -0.2) is 37.6 Å². The third kappa shape index (κ3) is 4.46. The van der Waals surface area contributed by atoms with E-state index in [1.165, 1.54) is 0 Å². The highest BCUT2D eigenvalue weighted by atomic mass is 35.5. The molecular formula is C26H26ClF3N4O2. The quantitative estimate of drug-likeness (QED) is 0.295. The predicted molar refractivity (Wildman–Crippen MR) is 131 cm³/mol. The zero-order valence-corrected chi connectivity index (χ0v) is 20.5. The van der Waals surface area contributed by atoms with Crippen LogP contribution in [-0.2, 0) is 0 Å². The lowest BCUT2D eigenvalue weighted by Crippen LogP contribution is -2.22. The van der Waals surface area contributed by atoms with Crippen LogP contribution >= 0.6 is 11.6 Å². The second-order valence-electron chi connectivity index (χ2n) is 9.21. The Morgan fingerprint density at radius 2 is 2.00 bits per heavy atom. The van der Waals surface area contributed by atoms with Crippen LogP contribution in [0.1, 0.15) is 62.8 Å². The number of aliphatic hydroxyl groups is 1. The van der Waals surface area contributed by atoms with Crippen molar-refractivity contribution >= 4 is 22.6 Å². The summed E-state index contributed by atoms with van der Waals surface area (Å²) < 4.78 is 55.6. The van der Waals surface area contributed by atoms with Crippen LogP contribution in [0.15, 0.2) is 36.8 Å². The number of rotatable bonds is 6. The highest BCUT2D eigenvalue weighted by Crippen LogP contribution is 2.42. The summed E-state index contributed by atoms with van der Waals surface area (Å²) >= 11 is 6.22. The zero-order chi connectivity index (χ0) is 26.4. The van der Waals surface area contributed by atoms with Gasteiger partial charge in [0, 0.05) is 46.1 Å². The molecule has 1 saturated carbocycles. The van der Waals surface area contributed by atoms with Crippen LogP contribution in [0.3, 0.4) is 0 Å². The molecule has 1 aliphatic rings. The molecule has 3 aromatic heterocycles. The third-order valence-corrected chi connectivity index (χ3v) is 7.42. The summed E-state index contributed by atoms with van der Waals surface area (Å²) in [6.07, 6.45) is 6.39. The predicted octanol–water partition coefficient (Wildman–Crippen LogP) is 6.76. The van der Waals surface area contributed by atoms with Crippen LogP contribution in [0, 0.1) is 12.7 Å². The van der Waals surface area contributed by atoms with Crippen molar-refractivity contribution in [2.75, 3.05) is 0 Å². The maximum Gasteiger partial charge on any atom is 0.387 e. The molecule has 0 saturated heterocycles. The van der Waals surface area contributed by atoms with Crippen LogP contribution in [0.2, 0.25) is 5.02 Å². The number of hydrogen-bond acceptors (Lipinski definition) is 4. The van der Waals surface area contributed by atoms with E-state index >= 15 is 0 Å². The fourth-order valence-corrected chi connectivity index (χ4v) is 5.45. The lowest BCUT2D eigenvalue weighted by atomic mass is 9.91. The Labute approximate surface area is 212 Å². The van der Waals surface area contributed by atoms with Crippen molar-refractivity contribution in [1.82, 2.24) is 19.7 Å². The molecule has 6 nitrogen and oxygen atoms in total. The first-order chi connectivity index (χ1) is 17.7. The van der Waals surface area contributed by atoms with Crippen LogP contribution in [0.4, 0.5) is 13.2 Å². The van der Waals surface area contributed by atoms with Gasteiger partial charge in [0.25, 0.3) is 0 Å². The lowest BCUT2D eigenvalue weighted by Gasteiger charge is -2.26. The van der Waals surface area contributed by atoms with Crippen LogP contribution in [0.25, 0.3) is 22.2 Å². The van der Waals surface area contributed by atoms with E-state index < -0.39 is 18.3 Å². The maximum atomic E-state index is 14.4. The fourth-order valence-electron chi connectivity index (χ4n) is 5.13. The molecule has 0 aliphatic heterocycles. The van der Waals surface area contributed by atoms with Crippen molar-refractivity contribution in [1.29, 1.82) is 0 Å². The minimum absolute atomic E-state index is 0.0173. The standard InChI is InChI=1S/C26H26ClF3N4O2/c1-13(23-22(36-26(29)30)8-7-21(28)24(23)27)19-11-32-25-18(19)9-15(10-31-25)20-12-33-34(14(20)2)16-3-5-17(35)6-4-16/h7-13,16-17,26,35H,3-6H2,1-2H3,(H,31,32)/t13-,16?,17?/m1/s1/i11D. The topological polar surface area (TPSA) is 76.0 Å². The van der Waals surface area contributed by atoms with E-state index in [4.69, 9.17) is 13.0 Å². The van der Waals surface area contributed by atoms with Gasteiger partial charge in [-0.25, -0.2) is 9.37 Å². The normalized spacial score (nSPS) is 19.6. The number of nitrogens with one attached hydrogen (secondary N) is 1. The van der Waals surface area contributed by atoms with E-state index in [0.717, 1.165) is 54.6 Å². The van der Waals surface area contributed by atoms with Gasteiger partial charge >= 0.3 is 6.61 Å². The van der Waals surface area contributed by atoms with Crippen molar-refractivity contribution in [2.24, 2.45) is 0 Å². The summed E-state index contributed by atoms with van der Waals surface area (Å²) in [5.41, 5.74) is 3.50. The number of pyridine rings is 1. The second-order valence-corrected chi connectivity index (χ2v) is 9.59. The van der Waals surface area contributed by atoms with Gasteiger partial charge in [-0.1, -0.05) is 18.5 Å². The van der Waals surface area contributed by atoms with Crippen LogP contribution < -0.4 is 4.74 Å². The minimum atomic E-state index is -3.12. The maximum absolute atomic E-state index is 14.4. The first-order valence-electron chi connectivity index (χ1n) is 12.3. The van der Waals surface area contributed by atoms with Crippen LogP contribution in [0.5, 0.6) is 5.75 Å². The molecule has 2 N–H and O–H groups in total. The summed E-state index contributed by atoms with van der Waals surface area (Å²) in [7, 11) is 0. The number of aliphatic hydroxyl groups excluding tert-OH is 1. The molecule has 1 fully saturated rings. The zero-order valence-electron chi connectivity index (χ0n) is 20.7. The summed E-state index contributed by atoms with van der Waals surface area (Å²) in [6, 6.07) is 4.16. The number of aromatic nitrogens is 4. The van der Waals surface area contributed by atoms with Crippen molar-refractivity contribution in [3.05, 3.63) is 64.4 Å². The molecular weight excluding hydrogens is 493 g/mol. The van der Waals surface area contributed by atoms with Crippen molar-refractivity contribution in [3.63, 3.8) is 0 Å². The Morgan fingerprint density at radius 3 is 2.72 bits per heavy atom. The molecule has 0 bridgehead atoms. The van der Waals surface area contributed by atoms with E-state index in [-0.39, 0.29) is 34.7 Å². The van der Waals surface area contributed by atoms with Gasteiger partial charge in [-0.2, -0.15) is 13.9 Å². The molecule has 3 heterocycles. The fraction of sp³-hybridized carbons (Fsp3) is 0.385. The largest absolute Gasteiger partial charge is 0.434 e. The number of alkyl halides is 2. The summed E-state index contributed by atoms with van der Waals surface area (Å²) in [5.74, 6) is -1.78. The molecule has 0 amide bonds. The first kappa shape index (κ1) is 23.4. The number of aromatic amines is 1. The number of benzene rings is 1. The van der Waals surface area contributed by atoms with Gasteiger partial charge in [0.1, 0.15) is 17.2 Å². The average molecular weight is 520 g/mol. The van der Waals surface area contributed by atoms with Crippen molar-refractivity contribution in [3.8, 4) is 16.9 Å². The number of fused-ring (bicyclic) bond motifs is 1. The summed E-state index contributed by atoms with van der Waals surface area (Å²) in [5, 5.41) is 14.7. The lowest BCUT2D eigenvalue weighted by molar-refractivity contribution is -0.0505. The number of hydrogen-bond donors (Lipinski definition) is 2. The van der Waals surface area contributed by atoms with Gasteiger partial charge in [0.05, 0.1) is 24.7 Å². The van der Waals surface area contributed by atoms with E-state index in [2.05, 4.69) is 19.8 Å². The molecule has 0 radical (unpaired) electrons. The molecule has 5 rings (SSSR count). The Kier molecular flexibility index (Phi) is 6.35. The van der Waals surface area contributed by atoms with Gasteiger partial charge in [-0.05, 0) is 56.4 Å². The third-order valence-electron chi connectivity index (χ3n) is 7.04. The summed E-state index contributed by atoms with van der Waals surface area (Å²) in [4.78, 5) is 7.41. The van der Waals surface area contributed by atoms with E-state index in [0.29, 0.717) is 16.6 Å². The van der Waals surface area contributed by atoms with Gasteiger partial charge < -0.3 is 14.8 Å². The molecule has 36 heavy (non-hydrogen) atoms. The molecule has 0 spiro atoms. The van der Waals surface area contributed by atoms with E-state index in [1.807, 2.05) is 17.7 Å². The molecule has 1 aromatic carbocycles. The Morgan fingerprint density at radius 1 is 1.25 bits per heavy atom. The van der Waals surface area contributed by atoms with Crippen molar-refractivity contribution < 1.29 is 24.4 Å². The number of halogens is 4. The first-order valence-corrected chi connectivity index (χ1v) is 12.2. The molecule has 10 heteroatoms. The second kappa shape index (κ2) is 9.78. The molecule has 1 aliphatic carbocycles. The van der Waals surface area contributed by atoms with Gasteiger partial charge in [-0.15, -0.1) is 0 Å². The Bertz CT molecular complexity index is 1450. The van der Waals surface area contributed by atoms with Gasteiger partial charge in [0.2, 0.25) is 0 Å². The molecule has 190 valence electrons. The number of H-pyrrole nitrogens is 1. The molecule has 4 aromatic rings. The number of ether oxygens (including phenoxy) is 1. The Hall–Kier alpha value is -3.04. The highest BCUT2D eigenvalue weighted by molar-refractivity contribution is 6.31.